The van der Waals surface area contributed by atoms with Crippen LogP contribution in [-0.2, 0) is 0 Å². The molecular weight excluding hydrogens is 374 g/mol. The number of aromatic nitrogens is 2. The van der Waals surface area contributed by atoms with Crippen LogP contribution >= 0.6 is 11.6 Å². The van der Waals surface area contributed by atoms with E-state index in [1.807, 2.05) is 69.2 Å². The Hall–Kier alpha value is -3.12. The van der Waals surface area contributed by atoms with Gasteiger partial charge < -0.3 is 15.5 Å². The molecule has 0 saturated carbocycles. The van der Waals surface area contributed by atoms with E-state index < -0.39 is 0 Å². The third-order valence-electron chi connectivity index (χ3n) is 4.16. The summed E-state index contributed by atoms with van der Waals surface area (Å²) in [6.07, 6.45) is 0. The lowest BCUT2D eigenvalue weighted by atomic mass is 10.2. The lowest BCUT2D eigenvalue weighted by Crippen LogP contribution is -2.16. The van der Waals surface area contributed by atoms with E-state index >= 15 is 0 Å². The van der Waals surface area contributed by atoms with Crippen LogP contribution in [0.3, 0.4) is 0 Å². The third-order valence-corrected chi connectivity index (χ3v) is 4.56. The summed E-state index contributed by atoms with van der Waals surface area (Å²) < 4.78 is 0. The minimum Gasteiger partial charge on any atom is -0.378 e. The Morgan fingerprint density at radius 3 is 2.29 bits per heavy atom. The van der Waals surface area contributed by atoms with E-state index in [9.17, 15) is 4.79 Å². The van der Waals surface area contributed by atoms with Crippen LogP contribution in [-0.4, -0.2) is 30.0 Å². The Balaban J connectivity index is 1.78. The molecule has 1 amide bonds. The number of hydrogen-bond donors (Lipinski definition) is 2. The van der Waals surface area contributed by atoms with Crippen LogP contribution in [0.4, 0.5) is 23.0 Å². The SMILES string of the molecule is Cc1cc(C(=O)Nc2ccc(N(C)C)cc2)nc(Nc2ccc(C)c(Cl)c2)n1. The molecule has 0 bridgehead atoms. The maximum absolute atomic E-state index is 12.6. The van der Waals surface area contributed by atoms with Crippen LogP contribution in [0.2, 0.25) is 5.02 Å². The number of carbonyl (C=O) groups is 1. The summed E-state index contributed by atoms with van der Waals surface area (Å²) in [5.41, 5.74) is 4.46. The molecule has 0 aliphatic carbocycles. The van der Waals surface area contributed by atoms with Gasteiger partial charge in [0.15, 0.2) is 0 Å². The van der Waals surface area contributed by atoms with Crippen molar-refractivity contribution in [2.45, 2.75) is 13.8 Å². The number of benzene rings is 2. The monoisotopic (exact) mass is 395 g/mol. The molecule has 0 unspecified atom stereocenters. The van der Waals surface area contributed by atoms with Gasteiger partial charge in [-0.15, -0.1) is 0 Å². The van der Waals surface area contributed by atoms with E-state index in [-0.39, 0.29) is 11.6 Å². The summed E-state index contributed by atoms with van der Waals surface area (Å²) >= 11 is 6.17. The number of rotatable bonds is 5. The van der Waals surface area contributed by atoms with E-state index in [1.165, 1.54) is 0 Å². The molecule has 2 N–H and O–H groups in total. The van der Waals surface area contributed by atoms with Crippen LogP contribution in [0.1, 0.15) is 21.7 Å². The van der Waals surface area contributed by atoms with Crippen molar-refractivity contribution in [1.29, 1.82) is 0 Å². The molecule has 0 fully saturated rings. The lowest BCUT2D eigenvalue weighted by Gasteiger charge is -2.13. The zero-order valence-electron chi connectivity index (χ0n) is 16.2. The minimum atomic E-state index is -0.298. The van der Waals surface area contributed by atoms with Gasteiger partial charge in [0.1, 0.15) is 5.69 Å². The molecule has 7 heteroatoms. The second kappa shape index (κ2) is 8.27. The summed E-state index contributed by atoms with van der Waals surface area (Å²) in [7, 11) is 3.93. The first-order chi connectivity index (χ1) is 13.3. The molecule has 6 nitrogen and oxygen atoms in total. The number of halogens is 1. The molecular formula is C21H22ClN5O. The third kappa shape index (κ3) is 4.78. The van der Waals surface area contributed by atoms with Gasteiger partial charge in [-0.05, 0) is 61.9 Å². The van der Waals surface area contributed by atoms with Crippen LogP contribution in [0.5, 0.6) is 0 Å². The molecule has 0 spiro atoms. The Labute approximate surface area is 169 Å². The van der Waals surface area contributed by atoms with E-state index in [0.717, 1.165) is 16.9 Å². The quantitative estimate of drug-likeness (QED) is 0.648. The molecule has 2 aromatic carbocycles. The lowest BCUT2D eigenvalue weighted by molar-refractivity contribution is 0.102. The minimum absolute atomic E-state index is 0.282. The zero-order valence-corrected chi connectivity index (χ0v) is 17.0. The second-order valence-corrected chi connectivity index (χ2v) is 7.11. The van der Waals surface area contributed by atoms with Crippen molar-refractivity contribution < 1.29 is 4.79 Å². The summed E-state index contributed by atoms with van der Waals surface area (Å²) in [6.45, 7) is 3.75. The van der Waals surface area contributed by atoms with Crippen molar-refractivity contribution in [2.24, 2.45) is 0 Å². The van der Waals surface area contributed by atoms with E-state index in [0.29, 0.717) is 22.4 Å². The molecule has 0 aliphatic heterocycles. The smallest absolute Gasteiger partial charge is 0.274 e. The highest BCUT2D eigenvalue weighted by Crippen LogP contribution is 2.22. The van der Waals surface area contributed by atoms with Crippen molar-refractivity contribution in [3.05, 3.63) is 70.5 Å². The number of nitrogens with zero attached hydrogens (tertiary/aromatic N) is 3. The Morgan fingerprint density at radius 1 is 0.964 bits per heavy atom. The zero-order chi connectivity index (χ0) is 20.3. The summed E-state index contributed by atoms with van der Waals surface area (Å²) in [5.74, 6) is 0.0427. The van der Waals surface area contributed by atoms with Crippen LogP contribution in [0.15, 0.2) is 48.5 Å². The summed E-state index contributed by atoms with van der Waals surface area (Å²) in [6, 6.07) is 14.8. The molecule has 1 aromatic heterocycles. The van der Waals surface area contributed by atoms with Crippen molar-refractivity contribution >= 4 is 40.5 Å². The molecule has 3 rings (SSSR count). The van der Waals surface area contributed by atoms with Gasteiger partial charge in [-0.1, -0.05) is 17.7 Å². The number of carbonyl (C=O) groups excluding carboxylic acids is 1. The highest BCUT2D eigenvalue weighted by molar-refractivity contribution is 6.31. The van der Waals surface area contributed by atoms with Crippen molar-refractivity contribution in [1.82, 2.24) is 9.97 Å². The number of nitrogens with one attached hydrogen (secondary N) is 2. The summed E-state index contributed by atoms with van der Waals surface area (Å²) in [5, 5.41) is 6.61. The molecule has 0 atom stereocenters. The first-order valence-electron chi connectivity index (χ1n) is 8.79. The first-order valence-corrected chi connectivity index (χ1v) is 9.17. The molecule has 144 valence electrons. The normalized spacial score (nSPS) is 10.5. The molecule has 0 radical (unpaired) electrons. The average Bonchev–Trinajstić information content (AvgIpc) is 2.64. The number of anilines is 4. The van der Waals surface area contributed by atoms with Crippen molar-refractivity contribution in [3.63, 3.8) is 0 Å². The Kier molecular flexibility index (Phi) is 5.80. The Bertz CT molecular complexity index is 1000. The second-order valence-electron chi connectivity index (χ2n) is 6.70. The van der Waals surface area contributed by atoms with Crippen molar-refractivity contribution in [2.75, 3.05) is 29.6 Å². The standard InChI is InChI=1S/C21H22ClN5O/c1-13-5-6-16(12-18(13)22)25-21-23-14(2)11-19(26-21)20(28)24-15-7-9-17(10-8-15)27(3)4/h5-12H,1-4H3,(H,24,28)(H,23,25,26). The topological polar surface area (TPSA) is 70.2 Å². The van der Waals surface area contributed by atoms with Crippen LogP contribution in [0, 0.1) is 13.8 Å². The summed E-state index contributed by atoms with van der Waals surface area (Å²) in [4.78, 5) is 23.3. The fourth-order valence-corrected chi connectivity index (χ4v) is 2.76. The molecule has 3 aromatic rings. The van der Waals surface area contributed by atoms with E-state index in [1.54, 1.807) is 12.1 Å². The van der Waals surface area contributed by atoms with Crippen LogP contribution < -0.4 is 15.5 Å². The van der Waals surface area contributed by atoms with Gasteiger partial charge in [0.2, 0.25) is 5.95 Å². The highest BCUT2D eigenvalue weighted by Gasteiger charge is 2.12. The van der Waals surface area contributed by atoms with Crippen LogP contribution in [0.25, 0.3) is 0 Å². The van der Waals surface area contributed by atoms with Gasteiger partial charge in [0, 0.05) is 41.9 Å². The van der Waals surface area contributed by atoms with Gasteiger partial charge in [-0.2, -0.15) is 0 Å². The number of hydrogen-bond acceptors (Lipinski definition) is 5. The first kappa shape index (κ1) is 19.6. The predicted molar refractivity (Wildman–Crippen MR) is 115 cm³/mol. The fraction of sp³-hybridized carbons (Fsp3) is 0.190. The highest BCUT2D eigenvalue weighted by atomic mass is 35.5. The number of aryl methyl sites for hydroxylation is 2. The molecule has 0 aliphatic rings. The maximum atomic E-state index is 12.6. The fourth-order valence-electron chi connectivity index (χ4n) is 2.58. The van der Waals surface area contributed by atoms with Gasteiger partial charge in [-0.3, -0.25) is 4.79 Å². The van der Waals surface area contributed by atoms with Gasteiger partial charge in [0.25, 0.3) is 5.91 Å². The van der Waals surface area contributed by atoms with Gasteiger partial charge in [-0.25, -0.2) is 9.97 Å². The molecule has 28 heavy (non-hydrogen) atoms. The molecule has 1 heterocycles. The van der Waals surface area contributed by atoms with Gasteiger partial charge >= 0.3 is 0 Å². The average molecular weight is 396 g/mol. The van der Waals surface area contributed by atoms with E-state index in [2.05, 4.69) is 20.6 Å². The predicted octanol–water partition coefficient (Wildman–Crippen LogP) is 4.81. The number of amides is 1. The Morgan fingerprint density at radius 2 is 1.64 bits per heavy atom. The largest absolute Gasteiger partial charge is 0.378 e. The molecule has 0 saturated heterocycles. The van der Waals surface area contributed by atoms with E-state index in [4.69, 9.17) is 11.6 Å². The maximum Gasteiger partial charge on any atom is 0.274 e. The van der Waals surface area contributed by atoms with Gasteiger partial charge in [0.05, 0.1) is 0 Å². The van der Waals surface area contributed by atoms with Crippen molar-refractivity contribution in [3.8, 4) is 0 Å².